The Balaban J connectivity index is 1.67. The molecule has 0 unspecified atom stereocenters. The van der Waals surface area contributed by atoms with Crippen LogP contribution >= 0.6 is 11.9 Å². The number of aromatic nitrogens is 4. The number of hydrogen-bond acceptors (Lipinski definition) is 6. The van der Waals surface area contributed by atoms with Crippen molar-refractivity contribution >= 4 is 23.0 Å². The predicted molar refractivity (Wildman–Crippen MR) is 121 cm³/mol. The summed E-state index contributed by atoms with van der Waals surface area (Å²) in [4.78, 5) is 8.86. The summed E-state index contributed by atoms with van der Waals surface area (Å²) < 4.78 is 21.3. The van der Waals surface area contributed by atoms with E-state index in [0.717, 1.165) is 22.1 Å². The van der Waals surface area contributed by atoms with Gasteiger partial charge in [0.25, 0.3) is 0 Å². The highest BCUT2D eigenvalue weighted by molar-refractivity contribution is 7.97. The molecule has 2 N–H and O–H groups in total. The minimum Gasteiger partial charge on any atom is -0.438 e. The van der Waals surface area contributed by atoms with Crippen molar-refractivity contribution < 1.29 is 8.81 Å². The first-order chi connectivity index (χ1) is 15.2. The number of nitrogens with two attached hydrogens (primary N) is 1. The molecule has 8 heteroatoms. The molecular formula is C23H18FN5OS. The maximum absolute atomic E-state index is 13.5. The van der Waals surface area contributed by atoms with E-state index in [-0.39, 0.29) is 5.82 Å². The lowest BCUT2D eigenvalue weighted by molar-refractivity contribution is 0.617. The number of rotatable bonds is 6. The molecule has 0 amide bonds. The topological polar surface area (TPSA) is 82.8 Å². The molecule has 0 aliphatic heterocycles. The molecule has 0 saturated carbocycles. The normalized spacial score (nSPS) is 11.3. The lowest BCUT2D eigenvalue weighted by Crippen LogP contribution is -2.02. The van der Waals surface area contributed by atoms with Crippen LogP contribution in [0.25, 0.3) is 44.9 Å². The zero-order chi connectivity index (χ0) is 21.2. The van der Waals surface area contributed by atoms with Gasteiger partial charge in [0.2, 0.25) is 5.71 Å². The van der Waals surface area contributed by atoms with Gasteiger partial charge in [-0.25, -0.2) is 14.4 Å². The summed E-state index contributed by atoms with van der Waals surface area (Å²) in [5.74, 6) is 1.14. The van der Waals surface area contributed by atoms with E-state index >= 15 is 0 Å². The fraction of sp³-hybridized carbons (Fsp3) is 0.0870. The zero-order valence-electron chi connectivity index (χ0n) is 16.4. The van der Waals surface area contributed by atoms with Crippen LogP contribution in [0.2, 0.25) is 0 Å². The average molecular weight is 431 g/mol. The van der Waals surface area contributed by atoms with E-state index in [9.17, 15) is 4.39 Å². The third-order valence-electron chi connectivity index (χ3n) is 4.96. The Morgan fingerprint density at radius 1 is 0.968 bits per heavy atom. The first-order valence-electron chi connectivity index (χ1n) is 9.68. The van der Waals surface area contributed by atoms with Gasteiger partial charge in [0.05, 0.1) is 17.6 Å². The third-order valence-corrected chi connectivity index (χ3v) is 5.38. The Hall–Kier alpha value is -3.49. The number of halogens is 1. The van der Waals surface area contributed by atoms with Crippen LogP contribution in [0.5, 0.6) is 0 Å². The maximum atomic E-state index is 13.5. The highest BCUT2D eigenvalue weighted by atomic mass is 32.2. The van der Waals surface area contributed by atoms with E-state index < -0.39 is 0 Å². The second-order valence-electron chi connectivity index (χ2n) is 6.95. The molecule has 3 aromatic heterocycles. The van der Waals surface area contributed by atoms with E-state index in [1.165, 1.54) is 30.4 Å². The molecule has 3 heterocycles. The number of aryl methyl sites for hydroxylation is 1. The Kier molecular flexibility index (Phi) is 5.23. The van der Waals surface area contributed by atoms with Gasteiger partial charge >= 0.3 is 0 Å². The molecule has 2 aromatic carbocycles. The second-order valence-corrected chi connectivity index (χ2v) is 7.69. The average Bonchev–Trinajstić information content (AvgIpc) is 3.43. The quantitative estimate of drug-likeness (QED) is 0.374. The standard InChI is InChI=1S/C23H18FN5OS/c24-17-8-6-16(7-9-17)21-19(13-29(28-21)10-11-31-25)22-18-12-20(15-4-2-1-3-5-15)30-23(18)27-14-26-22/h1-9,12-14H,10-11,25H2. The fourth-order valence-electron chi connectivity index (χ4n) is 3.49. The van der Waals surface area contributed by atoms with Gasteiger partial charge in [-0.3, -0.25) is 9.82 Å². The molecule has 0 saturated heterocycles. The van der Waals surface area contributed by atoms with Crippen LogP contribution in [0.1, 0.15) is 0 Å². The van der Waals surface area contributed by atoms with Crippen molar-refractivity contribution in [1.29, 1.82) is 0 Å². The van der Waals surface area contributed by atoms with Crippen LogP contribution in [0.3, 0.4) is 0 Å². The van der Waals surface area contributed by atoms with Gasteiger partial charge in [0.1, 0.15) is 23.6 Å². The van der Waals surface area contributed by atoms with Gasteiger partial charge in [-0.1, -0.05) is 42.3 Å². The molecule has 31 heavy (non-hydrogen) atoms. The number of furan rings is 1. The summed E-state index contributed by atoms with van der Waals surface area (Å²) in [6, 6.07) is 18.1. The van der Waals surface area contributed by atoms with Crippen LogP contribution in [0.4, 0.5) is 4.39 Å². The highest BCUT2D eigenvalue weighted by Crippen LogP contribution is 2.36. The summed E-state index contributed by atoms with van der Waals surface area (Å²) >= 11 is 1.26. The fourth-order valence-corrected chi connectivity index (χ4v) is 3.78. The molecule has 154 valence electrons. The van der Waals surface area contributed by atoms with Crippen molar-refractivity contribution in [3.63, 3.8) is 0 Å². The van der Waals surface area contributed by atoms with E-state index in [1.54, 1.807) is 12.1 Å². The number of hydrogen-bond donors (Lipinski definition) is 1. The SMILES string of the molecule is NSCCn1cc(-c2ncnc3oc(-c4ccccc4)cc23)c(-c2ccc(F)cc2)n1. The van der Waals surface area contributed by atoms with E-state index in [1.807, 2.05) is 47.3 Å². The van der Waals surface area contributed by atoms with Crippen molar-refractivity contribution in [2.75, 3.05) is 5.75 Å². The summed E-state index contributed by atoms with van der Waals surface area (Å²) in [5.41, 5.74) is 4.50. The van der Waals surface area contributed by atoms with Crippen LogP contribution in [-0.4, -0.2) is 25.5 Å². The third kappa shape index (κ3) is 3.83. The molecule has 0 aliphatic rings. The Morgan fingerprint density at radius 2 is 1.77 bits per heavy atom. The van der Waals surface area contributed by atoms with Gasteiger partial charge < -0.3 is 4.42 Å². The summed E-state index contributed by atoms with van der Waals surface area (Å²) in [6.45, 7) is 0.643. The van der Waals surface area contributed by atoms with Gasteiger partial charge in [-0.2, -0.15) is 5.10 Å². The molecule has 6 nitrogen and oxygen atoms in total. The number of nitrogens with zero attached hydrogens (tertiary/aromatic N) is 4. The highest BCUT2D eigenvalue weighted by Gasteiger charge is 2.19. The van der Waals surface area contributed by atoms with Crippen molar-refractivity contribution in [3.05, 3.63) is 79.0 Å². The summed E-state index contributed by atoms with van der Waals surface area (Å²) in [6.07, 6.45) is 3.42. The summed E-state index contributed by atoms with van der Waals surface area (Å²) in [5, 5.41) is 11.1. The van der Waals surface area contributed by atoms with Crippen molar-refractivity contribution in [1.82, 2.24) is 19.7 Å². The molecule has 0 spiro atoms. The minimum atomic E-state index is -0.295. The smallest absolute Gasteiger partial charge is 0.230 e. The van der Waals surface area contributed by atoms with E-state index in [0.29, 0.717) is 35.2 Å². The van der Waals surface area contributed by atoms with Crippen LogP contribution in [0.15, 0.2) is 77.6 Å². The Bertz CT molecular complexity index is 1330. The Labute approximate surface area is 182 Å². The first-order valence-corrected chi connectivity index (χ1v) is 10.7. The van der Waals surface area contributed by atoms with E-state index in [2.05, 4.69) is 9.97 Å². The lowest BCUT2D eigenvalue weighted by Gasteiger charge is -2.03. The molecule has 0 bridgehead atoms. The molecule has 0 aliphatic carbocycles. The minimum absolute atomic E-state index is 0.295. The van der Waals surface area contributed by atoms with Gasteiger partial charge in [0.15, 0.2) is 0 Å². The molecule has 5 aromatic rings. The van der Waals surface area contributed by atoms with Crippen molar-refractivity contribution in [2.45, 2.75) is 6.54 Å². The second kappa shape index (κ2) is 8.33. The first kappa shape index (κ1) is 19.5. The number of benzene rings is 2. The lowest BCUT2D eigenvalue weighted by atomic mass is 10.0. The molecule has 0 atom stereocenters. The van der Waals surface area contributed by atoms with Crippen LogP contribution in [0, 0.1) is 5.82 Å². The number of fused-ring (bicyclic) bond motifs is 1. The Morgan fingerprint density at radius 3 is 2.55 bits per heavy atom. The molecule has 0 fully saturated rings. The van der Waals surface area contributed by atoms with Crippen LogP contribution < -0.4 is 5.14 Å². The van der Waals surface area contributed by atoms with Crippen molar-refractivity contribution in [2.24, 2.45) is 5.14 Å². The summed E-state index contributed by atoms with van der Waals surface area (Å²) in [7, 11) is 0. The predicted octanol–water partition coefficient (Wildman–Crippen LogP) is 5.17. The maximum Gasteiger partial charge on any atom is 0.230 e. The zero-order valence-corrected chi connectivity index (χ0v) is 17.2. The monoisotopic (exact) mass is 431 g/mol. The van der Waals surface area contributed by atoms with E-state index in [4.69, 9.17) is 14.7 Å². The molecule has 5 rings (SSSR count). The van der Waals surface area contributed by atoms with Crippen LogP contribution in [-0.2, 0) is 6.54 Å². The van der Waals surface area contributed by atoms with Gasteiger partial charge in [-0.15, -0.1) is 0 Å². The van der Waals surface area contributed by atoms with Crippen molar-refractivity contribution in [3.8, 4) is 33.8 Å². The molecule has 0 radical (unpaired) electrons. The van der Waals surface area contributed by atoms with Gasteiger partial charge in [0, 0.05) is 28.6 Å². The molecular weight excluding hydrogens is 413 g/mol. The largest absolute Gasteiger partial charge is 0.438 e. The van der Waals surface area contributed by atoms with Gasteiger partial charge in [-0.05, 0) is 30.3 Å².